The molecule has 3 unspecified atom stereocenters. The van der Waals surface area contributed by atoms with E-state index in [9.17, 15) is 0 Å². The van der Waals surface area contributed by atoms with Crippen LogP contribution in [-0.2, 0) is 4.74 Å². The van der Waals surface area contributed by atoms with Crippen LogP contribution >= 0.6 is 11.6 Å². The molecule has 1 nitrogen and oxygen atoms in total. The first-order valence-electron chi connectivity index (χ1n) is 6.96. The number of ether oxygens (including phenoxy) is 1. The Morgan fingerprint density at radius 1 is 1.32 bits per heavy atom. The van der Waals surface area contributed by atoms with Crippen LogP contribution in [-0.4, -0.2) is 12.7 Å². The fourth-order valence-electron chi connectivity index (χ4n) is 3.08. The fourth-order valence-corrected chi connectivity index (χ4v) is 3.20. The maximum absolute atomic E-state index is 5.93. The van der Waals surface area contributed by atoms with E-state index in [4.69, 9.17) is 16.3 Å². The lowest BCUT2D eigenvalue weighted by molar-refractivity contribution is 0.0892. The van der Waals surface area contributed by atoms with E-state index in [0.717, 1.165) is 18.1 Å². The van der Waals surface area contributed by atoms with Gasteiger partial charge in [0.1, 0.15) is 0 Å². The Balaban J connectivity index is 1.79. The van der Waals surface area contributed by atoms with Gasteiger partial charge in [0.25, 0.3) is 0 Å². The van der Waals surface area contributed by atoms with E-state index >= 15 is 0 Å². The highest BCUT2D eigenvalue weighted by Gasteiger charge is 2.35. The summed E-state index contributed by atoms with van der Waals surface area (Å²) in [7, 11) is 0. The normalized spacial score (nSPS) is 30.4. The highest BCUT2D eigenvalue weighted by molar-refractivity contribution is 6.30. The van der Waals surface area contributed by atoms with Gasteiger partial charge in [-0.15, -0.1) is 0 Å². The molecular weight excluding hydrogens is 256 g/mol. The fraction of sp³-hybridized carbons (Fsp3) is 0.412. The molecular formula is C17H19ClO. The zero-order valence-corrected chi connectivity index (χ0v) is 11.9. The first-order valence-corrected chi connectivity index (χ1v) is 7.34. The third kappa shape index (κ3) is 2.77. The van der Waals surface area contributed by atoms with Crippen molar-refractivity contribution in [2.45, 2.75) is 25.9 Å². The maximum atomic E-state index is 5.93. The molecule has 1 aromatic carbocycles. The summed E-state index contributed by atoms with van der Waals surface area (Å²) in [5.74, 6) is 1.08. The van der Waals surface area contributed by atoms with Crippen molar-refractivity contribution in [2.75, 3.05) is 6.61 Å². The van der Waals surface area contributed by atoms with Crippen molar-refractivity contribution < 1.29 is 4.74 Å². The zero-order valence-electron chi connectivity index (χ0n) is 11.2. The number of rotatable bonds is 2. The lowest BCUT2D eigenvalue weighted by Crippen LogP contribution is -2.20. The van der Waals surface area contributed by atoms with E-state index in [-0.39, 0.29) is 0 Å². The lowest BCUT2D eigenvalue weighted by Gasteiger charge is -2.21. The van der Waals surface area contributed by atoms with Crippen molar-refractivity contribution in [3.8, 4) is 0 Å². The Labute approximate surface area is 119 Å². The molecule has 1 fully saturated rings. The van der Waals surface area contributed by atoms with Gasteiger partial charge < -0.3 is 4.74 Å². The number of benzene rings is 1. The van der Waals surface area contributed by atoms with Crippen molar-refractivity contribution in [1.29, 1.82) is 0 Å². The molecule has 1 aliphatic carbocycles. The van der Waals surface area contributed by atoms with Crippen LogP contribution in [0.15, 0.2) is 42.5 Å². The summed E-state index contributed by atoms with van der Waals surface area (Å²) in [6, 6.07) is 8.06. The van der Waals surface area contributed by atoms with E-state index < -0.39 is 0 Å². The standard InChI is InChI=1S/C17H19ClO/c1-12(13-6-8-15(18)9-7-13)10-14-11-19-17-5-3-2-4-16(14)17/h2,4,6-10,14,16-17H,3,5,11H2,1H3/b12-10+. The molecule has 1 aliphatic heterocycles. The van der Waals surface area contributed by atoms with E-state index in [2.05, 4.69) is 37.3 Å². The second kappa shape index (κ2) is 5.52. The van der Waals surface area contributed by atoms with Crippen LogP contribution in [0.25, 0.3) is 5.57 Å². The van der Waals surface area contributed by atoms with Gasteiger partial charge in [0.05, 0.1) is 12.7 Å². The highest BCUT2D eigenvalue weighted by atomic mass is 35.5. The van der Waals surface area contributed by atoms with Crippen molar-refractivity contribution >= 4 is 17.2 Å². The molecule has 1 heterocycles. The minimum Gasteiger partial charge on any atom is -0.377 e. The summed E-state index contributed by atoms with van der Waals surface area (Å²) in [6.07, 6.45) is 9.78. The molecule has 3 rings (SSSR count). The molecule has 0 N–H and O–H groups in total. The van der Waals surface area contributed by atoms with Gasteiger partial charge in [0.15, 0.2) is 0 Å². The monoisotopic (exact) mass is 274 g/mol. The molecule has 0 radical (unpaired) electrons. The third-order valence-electron chi connectivity index (χ3n) is 4.17. The maximum Gasteiger partial charge on any atom is 0.0647 e. The summed E-state index contributed by atoms with van der Waals surface area (Å²) in [5, 5.41) is 0.788. The molecule has 0 bridgehead atoms. The predicted octanol–water partition coefficient (Wildman–Crippen LogP) is 4.72. The smallest absolute Gasteiger partial charge is 0.0647 e. The number of fused-ring (bicyclic) bond motifs is 1. The summed E-state index contributed by atoms with van der Waals surface area (Å²) < 4.78 is 5.91. The minimum atomic E-state index is 0.435. The SMILES string of the molecule is C/C(=C\C1COC2CCC=CC12)c1ccc(Cl)cc1. The van der Waals surface area contributed by atoms with E-state index in [1.54, 1.807) is 0 Å². The van der Waals surface area contributed by atoms with Crippen molar-refractivity contribution in [3.63, 3.8) is 0 Å². The average Bonchev–Trinajstić information content (AvgIpc) is 2.83. The van der Waals surface area contributed by atoms with Gasteiger partial charge in [0, 0.05) is 16.9 Å². The second-order valence-electron chi connectivity index (χ2n) is 5.48. The van der Waals surface area contributed by atoms with Crippen LogP contribution in [0.4, 0.5) is 0 Å². The number of hydrogen-bond donors (Lipinski definition) is 0. The van der Waals surface area contributed by atoms with Crippen molar-refractivity contribution in [1.82, 2.24) is 0 Å². The summed E-state index contributed by atoms with van der Waals surface area (Å²) >= 11 is 5.93. The van der Waals surface area contributed by atoms with Gasteiger partial charge >= 0.3 is 0 Å². The van der Waals surface area contributed by atoms with Gasteiger partial charge in [0.2, 0.25) is 0 Å². The molecule has 3 atom stereocenters. The van der Waals surface area contributed by atoms with Gasteiger partial charge in [-0.25, -0.2) is 0 Å². The van der Waals surface area contributed by atoms with Crippen LogP contribution in [0.2, 0.25) is 5.02 Å². The molecule has 2 heteroatoms. The number of hydrogen-bond acceptors (Lipinski definition) is 1. The third-order valence-corrected chi connectivity index (χ3v) is 4.42. The van der Waals surface area contributed by atoms with Gasteiger partial charge in [-0.2, -0.15) is 0 Å². The van der Waals surface area contributed by atoms with Gasteiger partial charge in [-0.05, 0) is 43.0 Å². The van der Waals surface area contributed by atoms with Gasteiger partial charge in [-0.1, -0.05) is 42.0 Å². The summed E-state index contributed by atoms with van der Waals surface area (Å²) in [4.78, 5) is 0. The van der Waals surface area contributed by atoms with Crippen LogP contribution in [0.5, 0.6) is 0 Å². The zero-order chi connectivity index (χ0) is 13.2. The Hall–Kier alpha value is -1.05. The molecule has 0 saturated carbocycles. The topological polar surface area (TPSA) is 9.23 Å². The molecule has 0 spiro atoms. The van der Waals surface area contributed by atoms with Crippen LogP contribution in [0.1, 0.15) is 25.3 Å². The molecule has 0 amide bonds. The largest absolute Gasteiger partial charge is 0.377 e. The molecule has 1 aromatic rings. The quantitative estimate of drug-likeness (QED) is 0.709. The Bertz CT molecular complexity index is 500. The minimum absolute atomic E-state index is 0.435. The number of halogens is 1. The summed E-state index contributed by atoms with van der Waals surface area (Å²) in [5.41, 5.74) is 2.55. The molecule has 2 aliphatic rings. The van der Waals surface area contributed by atoms with Crippen LogP contribution in [0, 0.1) is 11.8 Å². The first-order chi connectivity index (χ1) is 9.24. The predicted molar refractivity (Wildman–Crippen MR) is 80.2 cm³/mol. The second-order valence-corrected chi connectivity index (χ2v) is 5.91. The molecule has 1 saturated heterocycles. The van der Waals surface area contributed by atoms with Crippen molar-refractivity contribution in [3.05, 3.63) is 53.1 Å². The van der Waals surface area contributed by atoms with Crippen LogP contribution in [0.3, 0.4) is 0 Å². The van der Waals surface area contributed by atoms with Crippen LogP contribution < -0.4 is 0 Å². The molecule has 19 heavy (non-hydrogen) atoms. The first kappa shape index (κ1) is 13.0. The average molecular weight is 275 g/mol. The Kier molecular flexibility index (Phi) is 3.76. The Morgan fingerprint density at radius 3 is 2.89 bits per heavy atom. The Morgan fingerprint density at radius 2 is 2.11 bits per heavy atom. The van der Waals surface area contributed by atoms with E-state index in [0.29, 0.717) is 17.9 Å². The molecule has 0 aromatic heterocycles. The summed E-state index contributed by atoms with van der Waals surface area (Å²) in [6.45, 7) is 3.02. The highest BCUT2D eigenvalue weighted by Crippen LogP contribution is 2.36. The van der Waals surface area contributed by atoms with E-state index in [1.807, 2.05) is 12.1 Å². The lowest BCUT2D eigenvalue weighted by atomic mass is 9.84. The molecule has 100 valence electrons. The van der Waals surface area contributed by atoms with E-state index in [1.165, 1.54) is 17.6 Å². The van der Waals surface area contributed by atoms with Gasteiger partial charge in [-0.3, -0.25) is 0 Å². The number of allylic oxidation sites excluding steroid dienone is 2. The van der Waals surface area contributed by atoms with Crippen molar-refractivity contribution in [2.24, 2.45) is 11.8 Å².